The summed E-state index contributed by atoms with van der Waals surface area (Å²) in [6.45, 7) is 9.57. The van der Waals surface area contributed by atoms with Crippen LogP contribution in [0.5, 0.6) is 0 Å². The van der Waals surface area contributed by atoms with Crippen LogP contribution in [0.25, 0.3) is 0 Å². The Labute approximate surface area is 197 Å². The summed E-state index contributed by atoms with van der Waals surface area (Å²) in [5.74, 6) is -1.39. The van der Waals surface area contributed by atoms with Gasteiger partial charge in [-0.1, -0.05) is 42.5 Å². The number of benzene rings is 1. The Morgan fingerprint density at radius 3 is 2.52 bits per heavy atom. The highest BCUT2D eigenvalue weighted by atomic mass is 16.5. The van der Waals surface area contributed by atoms with Crippen molar-refractivity contribution in [1.82, 2.24) is 10.2 Å². The molecule has 0 aliphatic carbocycles. The zero-order chi connectivity index (χ0) is 24.5. The molecule has 0 saturated heterocycles. The van der Waals surface area contributed by atoms with Gasteiger partial charge in [-0.2, -0.15) is 0 Å². The van der Waals surface area contributed by atoms with Crippen molar-refractivity contribution in [2.45, 2.75) is 58.0 Å². The van der Waals surface area contributed by atoms with E-state index in [1.54, 1.807) is 17.9 Å². The number of esters is 1. The van der Waals surface area contributed by atoms with Crippen LogP contribution in [-0.2, 0) is 25.7 Å². The maximum Gasteiger partial charge on any atom is 0.305 e. The molecule has 7 heteroatoms. The van der Waals surface area contributed by atoms with Crippen molar-refractivity contribution < 1.29 is 24.2 Å². The summed E-state index contributed by atoms with van der Waals surface area (Å²) in [5, 5.41) is 12.2. The Bertz CT molecular complexity index is 750. The molecular weight excluding hydrogens is 420 g/mol. The van der Waals surface area contributed by atoms with E-state index >= 15 is 0 Å². The highest BCUT2D eigenvalue weighted by molar-refractivity contribution is 5.86. The van der Waals surface area contributed by atoms with E-state index in [1.165, 1.54) is 0 Å². The first-order valence-corrected chi connectivity index (χ1v) is 11.5. The number of hydrogen-bond acceptors (Lipinski definition) is 5. The number of aliphatic hydroxyl groups is 1. The lowest BCUT2D eigenvalue weighted by Crippen LogP contribution is -2.42. The zero-order valence-electron chi connectivity index (χ0n) is 19.7. The first kappa shape index (κ1) is 28.1. The van der Waals surface area contributed by atoms with E-state index in [9.17, 15) is 19.5 Å². The van der Waals surface area contributed by atoms with Gasteiger partial charge in [0.25, 0.3) is 0 Å². The summed E-state index contributed by atoms with van der Waals surface area (Å²) in [6, 6.07) is 9.12. The molecule has 7 nitrogen and oxygen atoms in total. The molecule has 0 saturated carbocycles. The number of aliphatic hydroxyl groups excluding tert-OH is 1. The van der Waals surface area contributed by atoms with Crippen LogP contribution in [0, 0.1) is 5.92 Å². The second kappa shape index (κ2) is 16.7. The molecule has 2 N–H and O–H groups in total. The number of amides is 2. The van der Waals surface area contributed by atoms with Gasteiger partial charge in [0.05, 0.1) is 18.6 Å². The molecule has 0 radical (unpaired) electrons. The van der Waals surface area contributed by atoms with E-state index in [0.29, 0.717) is 19.4 Å². The number of hydrogen-bond donors (Lipinski definition) is 2. The molecule has 0 aromatic heterocycles. The highest BCUT2D eigenvalue weighted by Gasteiger charge is 2.25. The molecular formula is C26H38N2O5. The van der Waals surface area contributed by atoms with Crippen LogP contribution in [0.4, 0.5) is 0 Å². The Morgan fingerprint density at radius 2 is 1.88 bits per heavy atom. The third-order valence-corrected chi connectivity index (χ3v) is 5.10. The molecule has 1 rings (SSSR count). The molecule has 33 heavy (non-hydrogen) atoms. The Hall–Kier alpha value is -2.93. The van der Waals surface area contributed by atoms with Gasteiger partial charge >= 0.3 is 5.97 Å². The van der Waals surface area contributed by atoms with Gasteiger partial charge in [-0.05, 0) is 38.2 Å². The lowest BCUT2D eigenvalue weighted by Gasteiger charge is -2.25. The van der Waals surface area contributed by atoms with Crippen molar-refractivity contribution in [3.63, 3.8) is 0 Å². The molecule has 1 aromatic carbocycles. The monoisotopic (exact) mass is 458 g/mol. The summed E-state index contributed by atoms with van der Waals surface area (Å²) in [7, 11) is 0. The molecule has 0 fully saturated rings. The van der Waals surface area contributed by atoms with Crippen molar-refractivity contribution in [3.05, 3.63) is 61.2 Å². The summed E-state index contributed by atoms with van der Waals surface area (Å²) in [6.07, 6.45) is 6.60. The van der Waals surface area contributed by atoms with Crippen LogP contribution in [0.15, 0.2) is 55.6 Å². The van der Waals surface area contributed by atoms with Gasteiger partial charge in [-0.15, -0.1) is 13.2 Å². The minimum Gasteiger partial charge on any atom is -0.464 e. The standard InChI is InChI=1S/C26H38N2O5/c1-4-6-7-11-15-25(31)33-20-21(3)27-26(32)23(12-5-2)18-24(30)28(16-17-29)19-22-13-9-8-10-14-22/h4-5,8-10,13-14,21,23,29H,1-2,6-7,11-12,15-20H2,3H3,(H,27,32)/t21-,23-/m0/s1. The second-order valence-corrected chi connectivity index (χ2v) is 8.08. The van der Waals surface area contributed by atoms with E-state index in [-0.39, 0.29) is 50.0 Å². The van der Waals surface area contributed by atoms with Crippen LogP contribution in [-0.4, -0.2) is 53.6 Å². The average molecular weight is 459 g/mol. The van der Waals surface area contributed by atoms with Crippen molar-refractivity contribution in [2.75, 3.05) is 19.8 Å². The number of carbonyl (C=O) groups excluding carboxylic acids is 3. The number of carbonyl (C=O) groups is 3. The van der Waals surface area contributed by atoms with Crippen LogP contribution in [0.1, 0.15) is 51.0 Å². The normalized spacial score (nSPS) is 12.3. The third kappa shape index (κ3) is 12.0. The molecule has 182 valence electrons. The number of rotatable bonds is 17. The Kier molecular flexibility index (Phi) is 14.2. The molecule has 0 aliphatic rings. The number of nitrogens with zero attached hydrogens (tertiary/aromatic N) is 1. The predicted octanol–water partition coefficient (Wildman–Crippen LogP) is 3.38. The largest absolute Gasteiger partial charge is 0.464 e. The Morgan fingerprint density at radius 1 is 1.15 bits per heavy atom. The van der Waals surface area contributed by atoms with Crippen molar-refractivity contribution >= 4 is 17.8 Å². The molecule has 0 aliphatic heterocycles. The third-order valence-electron chi connectivity index (χ3n) is 5.10. The molecule has 1 aromatic rings. The quantitative estimate of drug-likeness (QED) is 0.212. The van der Waals surface area contributed by atoms with Gasteiger partial charge in [0.2, 0.25) is 11.8 Å². The predicted molar refractivity (Wildman–Crippen MR) is 129 cm³/mol. The maximum atomic E-state index is 12.9. The topological polar surface area (TPSA) is 95.9 Å². The van der Waals surface area contributed by atoms with Gasteiger partial charge in [0.15, 0.2) is 0 Å². The van der Waals surface area contributed by atoms with Gasteiger partial charge in [0.1, 0.15) is 6.61 Å². The second-order valence-electron chi connectivity index (χ2n) is 8.08. The molecule has 0 spiro atoms. The Balaban J connectivity index is 2.58. The van der Waals surface area contributed by atoms with Crippen molar-refractivity contribution in [2.24, 2.45) is 5.92 Å². The lowest BCUT2D eigenvalue weighted by atomic mass is 9.98. The fourth-order valence-corrected chi connectivity index (χ4v) is 3.29. The highest BCUT2D eigenvalue weighted by Crippen LogP contribution is 2.15. The molecule has 0 bridgehead atoms. The van der Waals surface area contributed by atoms with Crippen molar-refractivity contribution in [3.8, 4) is 0 Å². The lowest BCUT2D eigenvalue weighted by molar-refractivity contribution is -0.145. The number of nitrogens with one attached hydrogen (secondary N) is 1. The van der Waals surface area contributed by atoms with E-state index < -0.39 is 5.92 Å². The molecule has 0 heterocycles. The number of allylic oxidation sites excluding steroid dienone is 2. The average Bonchev–Trinajstić information content (AvgIpc) is 2.80. The fourth-order valence-electron chi connectivity index (χ4n) is 3.29. The van der Waals surface area contributed by atoms with Gasteiger partial charge < -0.3 is 20.1 Å². The maximum absolute atomic E-state index is 12.9. The molecule has 0 unspecified atom stereocenters. The van der Waals surface area contributed by atoms with E-state index in [0.717, 1.165) is 24.8 Å². The van der Waals surface area contributed by atoms with Crippen LogP contribution in [0.3, 0.4) is 0 Å². The minimum absolute atomic E-state index is 0.000494. The summed E-state index contributed by atoms with van der Waals surface area (Å²) < 4.78 is 5.24. The van der Waals surface area contributed by atoms with Crippen molar-refractivity contribution in [1.29, 1.82) is 0 Å². The first-order valence-electron chi connectivity index (χ1n) is 11.5. The van der Waals surface area contributed by atoms with Gasteiger partial charge in [-0.3, -0.25) is 14.4 Å². The molecule has 2 amide bonds. The van der Waals surface area contributed by atoms with Gasteiger partial charge in [-0.25, -0.2) is 0 Å². The summed E-state index contributed by atoms with van der Waals surface area (Å²) in [5.41, 5.74) is 0.948. The summed E-state index contributed by atoms with van der Waals surface area (Å²) in [4.78, 5) is 39.0. The zero-order valence-corrected chi connectivity index (χ0v) is 19.7. The van der Waals surface area contributed by atoms with Gasteiger partial charge in [0, 0.05) is 25.9 Å². The molecule has 2 atom stereocenters. The van der Waals surface area contributed by atoms with E-state index in [4.69, 9.17) is 4.74 Å². The first-order chi connectivity index (χ1) is 15.9. The minimum atomic E-state index is -0.593. The van der Waals surface area contributed by atoms with Crippen LogP contribution in [0.2, 0.25) is 0 Å². The van der Waals surface area contributed by atoms with Crippen LogP contribution >= 0.6 is 0 Å². The summed E-state index contributed by atoms with van der Waals surface area (Å²) >= 11 is 0. The fraction of sp³-hybridized carbons (Fsp3) is 0.500. The SMILES string of the molecule is C=CCCCCC(=O)OC[C@H](C)NC(=O)[C@@H](CC=C)CC(=O)N(CCO)Cc1ccccc1. The van der Waals surface area contributed by atoms with E-state index in [1.807, 2.05) is 36.4 Å². The number of ether oxygens (including phenoxy) is 1. The van der Waals surface area contributed by atoms with Crippen LogP contribution < -0.4 is 5.32 Å². The number of unbranched alkanes of at least 4 members (excludes halogenated alkanes) is 2. The van der Waals surface area contributed by atoms with E-state index in [2.05, 4.69) is 18.5 Å². The smallest absolute Gasteiger partial charge is 0.305 e.